The van der Waals surface area contributed by atoms with Crippen LogP contribution in [0.4, 0.5) is 0 Å². The minimum atomic E-state index is -0.143. The zero-order chi connectivity index (χ0) is 20.1. The molecule has 1 fully saturated rings. The van der Waals surface area contributed by atoms with E-state index in [1.807, 2.05) is 42.5 Å². The Morgan fingerprint density at radius 1 is 1.21 bits per heavy atom. The quantitative estimate of drug-likeness (QED) is 0.464. The van der Waals surface area contributed by atoms with Gasteiger partial charge in [0.15, 0.2) is 5.96 Å². The monoisotopic (exact) mass is 399 g/mol. The highest BCUT2D eigenvalue weighted by atomic mass is 35.5. The van der Waals surface area contributed by atoms with Crippen LogP contribution in [-0.2, 0) is 4.79 Å². The molecule has 1 atom stereocenters. The summed E-state index contributed by atoms with van der Waals surface area (Å²) >= 11 is 6.08. The van der Waals surface area contributed by atoms with Crippen LogP contribution in [-0.4, -0.2) is 30.9 Å². The first kappa shape index (κ1) is 20.2. The van der Waals surface area contributed by atoms with E-state index < -0.39 is 0 Å². The predicted octanol–water partition coefficient (Wildman–Crippen LogP) is 4.65. The van der Waals surface area contributed by atoms with Crippen LogP contribution in [0.5, 0.6) is 5.75 Å². The molecule has 2 aromatic rings. The third-order valence-corrected chi connectivity index (χ3v) is 5.08. The molecule has 2 aromatic carbocycles. The lowest BCUT2D eigenvalue weighted by Crippen LogP contribution is -2.33. The maximum Gasteiger partial charge on any atom is 0.216 e. The summed E-state index contributed by atoms with van der Waals surface area (Å²) in [5.41, 5.74) is 8.89. The van der Waals surface area contributed by atoms with Gasteiger partial charge >= 0.3 is 0 Å². The molecule has 1 heterocycles. The van der Waals surface area contributed by atoms with Gasteiger partial charge in [0, 0.05) is 24.1 Å². The maximum absolute atomic E-state index is 10.8. The van der Waals surface area contributed by atoms with Crippen molar-refractivity contribution in [2.24, 2.45) is 16.6 Å². The summed E-state index contributed by atoms with van der Waals surface area (Å²) in [6.45, 7) is 2.84. The number of hydrogen-bond acceptors (Lipinski definition) is 3. The lowest BCUT2D eigenvalue weighted by atomic mass is 9.96. The number of nitrogens with zero attached hydrogens (tertiary/aromatic N) is 2. The molecule has 4 rings (SSSR count). The van der Waals surface area contributed by atoms with E-state index in [1.54, 1.807) is 7.05 Å². The van der Waals surface area contributed by atoms with Crippen molar-refractivity contribution in [3.63, 3.8) is 0 Å². The van der Waals surface area contributed by atoms with Crippen molar-refractivity contribution in [1.82, 2.24) is 4.90 Å². The third-order valence-electron chi connectivity index (χ3n) is 4.85. The molecule has 0 radical (unpaired) electrons. The molecule has 2 aliphatic rings. The van der Waals surface area contributed by atoms with E-state index in [0.717, 1.165) is 28.4 Å². The van der Waals surface area contributed by atoms with Gasteiger partial charge in [-0.1, -0.05) is 49.6 Å². The molecule has 0 saturated heterocycles. The van der Waals surface area contributed by atoms with Gasteiger partial charge in [0.05, 0.1) is 12.6 Å². The third kappa shape index (κ3) is 5.26. The van der Waals surface area contributed by atoms with E-state index >= 15 is 0 Å². The minimum Gasteiger partial charge on any atom is -0.493 e. The Balaban J connectivity index is 0.000000500. The van der Waals surface area contributed by atoms with Gasteiger partial charge in [-0.3, -0.25) is 9.69 Å². The van der Waals surface area contributed by atoms with Gasteiger partial charge < -0.3 is 10.5 Å². The first-order valence-electron chi connectivity index (χ1n) is 9.52. The van der Waals surface area contributed by atoms with Gasteiger partial charge in [-0.05, 0) is 41.3 Å². The van der Waals surface area contributed by atoms with Gasteiger partial charge in [-0.2, -0.15) is 0 Å². The number of aliphatic imine (C=N–C) groups is 1. The molecular formula is C22H26ClN3O2. The summed E-state index contributed by atoms with van der Waals surface area (Å²) in [4.78, 5) is 16.6. The van der Waals surface area contributed by atoms with Crippen LogP contribution in [0.25, 0.3) is 11.1 Å². The molecular weight excluding hydrogens is 374 g/mol. The van der Waals surface area contributed by atoms with Crippen molar-refractivity contribution in [1.29, 1.82) is 0 Å². The van der Waals surface area contributed by atoms with Crippen LogP contribution >= 0.6 is 11.6 Å². The molecule has 6 heteroatoms. The highest BCUT2D eigenvalue weighted by Crippen LogP contribution is 2.37. The van der Waals surface area contributed by atoms with Crippen molar-refractivity contribution in [3.8, 4) is 16.9 Å². The molecule has 0 spiro atoms. The summed E-state index contributed by atoms with van der Waals surface area (Å²) in [6, 6.07) is 13.5. The fourth-order valence-electron chi connectivity index (χ4n) is 2.83. The SMILES string of the molecule is CC1CC1.CN(C=O)C(N)=NC1CCOc2ccc(-c3cccc(Cl)c3)cc21. The van der Waals surface area contributed by atoms with E-state index in [0.29, 0.717) is 24.5 Å². The Morgan fingerprint density at radius 2 is 1.93 bits per heavy atom. The van der Waals surface area contributed by atoms with Crippen LogP contribution in [0, 0.1) is 5.92 Å². The van der Waals surface area contributed by atoms with E-state index in [-0.39, 0.29) is 12.0 Å². The Labute approximate surface area is 171 Å². The zero-order valence-electron chi connectivity index (χ0n) is 16.3. The topological polar surface area (TPSA) is 67.9 Å². The van der Waals surface area contributed by atoms with Crippen LogP contribution < -0.4 is 10.5 Å². The molecule has 5 nitrogen and oxygen atoms in total. The summed E-state index contributed by atoms with van der Waals surface area (Å²) in [5.74, 6) is 2.07. The smallest absolute Gasteiger partial charge is 0.216 e. The summed E-state index contributed by atoms with van der Waals surface area (Å²) in [7, 11) is 1.58. The first-order valence-corrected chi connectivity index (χ1v) is 9.90. The Kier molecular flexibility index (Phi) is 6.57. The lowest BCUT2D eigenvalue weighted by Gasteiger charge is -2.25. The normalized spacial score (nSPS) is 18.2. The molecule has 2 N–H and O–H groups in total. The number of nitrogens with two attached hydrogens (primary N) is 1. The van der Waals surface area contributed by atoms with E-state index in [2.05, 4.69) is 11.9 Å². The highest BCUT2D eigenvalue weighted by molar-refractivity contribution is 6.30. The average molecular weight is 400 g/mol. The largest absolute Gasteiger partial charge is 0.493 e. The number of amides is 1. The number of halogens is 1. The highest BCUT2D eigenvalue weighted by Gasteiger charge is 2.22. The van der Waals surface area contributed by atoms with Crippen LogP contribution in [0.15, 0.2) is 47.5 Å². The molecule has 1 unspecified atom stereocenters. The minimum absolute atomic E-state index is 0.143. The Hall–Kier alpha value is -2.53. The molecule has 0 aromatic heterocycles. The average Bonchev–Trinajstić information content (AvgIpc) is 3.49. The van der Waals surface area contributed by atoms with Gasteiger partial charge in [-0.15, -0.1) is 0 Å². The molecule has 1 aliphatic carbocycles. The van der Waals surface area contributed by atoms with Gasteiger partial charge in [0.25, 0.3) is 0 Å². The molecule has 1 saturated carbocycles. The van der Waals surface area contributed by atoms with Crippen molar-refractivity contribution < 1.29 is 9.53 Å². The zero-order valence-corrected chi connectivity index (χ0v) is 17.0. The van der Waals surface area contributed by atoms with Crippen molar-refractivity contribution in [2.75, 3.05) is 13.7 Å². The van der Waals surface area contributed by atoms with Gasteiger partial charge in [0.2, 0.25) is 6.41 Å². The second-order valence-corrected chi connectivity index (χ2v) is 7.74. The number of carbonyl (C=O) groups excluding carboxylic acids is 1. The predicted molar refractivity (Wildman–Crippen MR) is 114 cm³/mol. The number of carbonyl (C=O) groups is 1. The van der Waals surface area contributed by atoms with Crippen molar-refractivity contribution in [3.05, 3.63) is 53.1 Å². The molecule has 0 bridgehead atoms. The number of benzene rings is 2. The van der Waals surface area contributed by atoms with Crippen molar-refractivity contribution >= 4 is 24.0 Å². The number of guanidine groups is 1. The summed E-state index contributed by atoms with van der Waals surface area (Å²) < 4.78 is 5.72. The Bertz CT molecular complexity index is 865. The van der Waals surface area contributed by atoms with Gasteiger partial charge in [0.1, 0.15) is 5.75 Å². The van der Waals surface area contributed by atoms with Crippen LogP contribution in [0.2, 0.25) is 5.02 Å². The number of ether oxygens (including phenoxy) is 1. The molecule has 1 amide bonds. The van der Waals surface area contributed by atoms with E-state index in [9.17, 15) is 4.79 Å². The molecule has 1 aliphatic heterocycles. The lowest BCUT2D eigenvalue weighted by molar-refractivity contribution is -0.114. The second kappa shape index (κ2) is 9.11. The maximum atomic E-state index is 10.8. The van der Waals surface area contributed by atoms with Crippen molar-refractivity contribution in [2.45, 2.75) is 32.2 Å². The number of rotatable bonds is 3. The Morgan fingerprint density at radius 3 is 2.57 bits per heavy atom. The number of fused-ring (bicyclic) bond motifs is 1. The fourth-order valence-corrected chi connectivity index (χ4v) is 3.02. The van der Waals surface area contributed by atoms with Gasteiger partial charge in [-0.25, -0.2) is 4.99 Å². The number of hydrogen-bond donors (Lipinski definition) is 1. The standard InChI is InChI=1S/C18H18ClN3O2.C4H8/c1-22(11-23)18(20)21-16-7-8-24-17-6-5-13(10-15(16)17)12-3-2-4-14(19)9-12;1-4-2-3-4/h2-6,9-11,16H,7-8H2,1H3,(H2,20,21);4H,2-3H2,1H3. The van der Waals surface area contributed by atoms with Crippen LogP contribution in [0.3, 0.4) is 0 Å². The van der Waals surface area contributed by atoms with E-state index in [4.69, 9.17) is 22.1 Å². The summed E-state index contributed by atoms with van der Waals surface area (Å²) in [5, 5.41) is 0.688. The molecule has 148 valence electrons. The fraction of sp³-hybridized carbons (Fsp3) is 0.364. The first-order chi connectivity index (χ1) is 13.5. The molecule has 28 heavy (non-hydrogen) atoms. The van der Waals surface area contributed by atoms with Crippen LogP contribution in [0.1, 0.15) is 37.8 Å². The summed E-state index contributed by atoms with van der Waals surface area (Å²) in [6.07, 6.45) is 4.32. The second-order valence-electron chi connectivity index (χ2n) is 7.30. The van der Waals surface area contributed by atoms with E-state index in [1.165, 1.54) is 17.7 Å².